The summed E-state index contributed by atoms with van der Waals surface area (Å²) in [5.74, 6) is -1.76. The SMILES string of the molecule is O=C(O)C1CCCC1C(=O)NC1CC2CCC1O2. The van der Waals surface area contributed by atoms with E-state index in [9.17, 15) is 9.59 Å². The first-order valence-corrected chi connectivity index (χ1v) is 6.84. The highest BCUT2D eigenvalue weighted by Gasteiger charge is 2.44. The van der Waals surface area contributed by atoms with Gasteiger partial charge in [-0.25, -0.2) is 0 Å². The lowest BCUT2D eigenvalue weighted by Gasteiger charge is -2.23. The quantitative estimate of drug-likeness (QED) is 0.784. The van der Waals surface area contributed by atoms with Crippen LogP contribution < -0.4 is 5.32 Å². The number of ether oxygens (including phenoxy) is 1. The van der Waals surface area contributed by atoms with E-state index in [0.717, 1.165) is 25.7 Å². The predicted octanol–water partition coefficient (Wildman–Crippen LogP) is 0.923. The third-order valence-electron chi connectivity index (χ3n) is 4.60. The third kappa shape index (κ3) is 2.00. The van der Waals surface area contributed by atoms with Crippen LogP contribution in [0.2, 0.25) is 0 Å². The molecule has 18 heavy (non-hydrogen) atoms. The number of hydrogen-bond donors (Lipinski definition) is 2. The van der Waals surface area contributed by atoms with E-state index in [1.165, 1.54) is 0 Å². The van der Waals surface area contributed by atoms with E-state index in [1.807, 2.05) is 0 Å². The lowest BCUT2D eigenvalue weighted by atomic mass is 9.92. The Morgan fingerprint density at radius 1 is 1.11 bits per heavy atom. The molecule has 2 heterocycles. The van der Waals surface area contributed by atoms with Crippen LogP contribution in [-0.2, 0) is 14.3 Å². The van der Waals surface area contributed by atoms with E-state index in [0.29, 0.717) is 18.9 Å². The van der Waals surface area contributed by atoms with Crippen molar-refractivity contribution >= 4 is 11.9 Å². The molecule has 3 aliphatic rings. The summed E-state index contributed by atoms with van der Waals surface area (Å²) in [7, 11) is 0. The summed E-state index contributed by atoms with van der Waals surface area (Å²) in [6, 6.07) is 0.103. The fourth-order valence-corrected chi connectivity index (χ4v) is 3.65. The van der Waals surface area contributed by atoms with Crippen LogP contribution in [0.5, 0.6) is 0 Å². The van der Waals surface area contributed by atoms with Crippen molar-refractivity contribution in [1.29, 1.82) is 0 Å². The largest absolute Gasteiger partial charge is 0.481 e. The first-order valence-electron chi connectivity index (χ1n) is 6.84. The highest BCUT2D eigenvalue weighted by molar-refractivity contribution is 5.85. The maximum atomic E-state index is 12.2. The van der Waals surface area contributed by atoms with Crippen LogP contribution >= 0.6 is 0 Å². The van der Waals surface area contributed by atoms with Gasteiger partial charge in [0, 0.05) is 0 Å². The predicted molar refractivity (Wildman–Crippen MR) is 62.9 cm³/mol. The topological polar surface area (TPSA) is 75.6 Å². The van der Waals surface area contributed by atoms with Gasteiger partial charge in [-0.3, -0.25) is 9.59 Å². The van der Waals surface area contributed by atoms with Crippen molar-refractivity contribution in [2.45, 2.75) is 56.8 Å². The highest BCUT2D eigenvalue weighted by atomic mass is 16.5. The zero-order chi connectivity index (χ0) is 12.7. The van der Waals surface area contributed by atoms with Crippen LogP contribution in [0.15, 0.2) is 0 Å². The number of amides is 1. The standard InChI is InChI=1S/C13H19NO4/c15-12(8-2-1-3-9(8)13(16)17)14-10-6-7-4-5-11(10)18-7/h7-11H,1-6H2,(H,14,15)(H,16,17). The third-order valence-corrected chi connectivity index (χ3v) is 4.60. The molecule has 5 nitrogen and oxygen atoms in total. The number of aliphatic carboxylic acids is 1. The number of fused-ring (bicyclic) bond motifs is 2. The molecule has 1 amide bonds. The maximum absolute atomic E-state index is 12.2. The molecule has 0 aromatic carbocycles. The minimum Gasteiger partial charge on any atom is -0.481 e. The van der Waals surface area contributed by atoms with Crippen LogP contribution in [0, 0.1) is 11.8 Å². The molecule has 2 aliphatic heterocycles. The molecule has 0 aromatic heterocycles. The molecule has 2 saturated heterocycles. The fraction of sp³-hybridized carbons (Fsp3) is 0.846. The normalized spacial score (nSPS) is 42.1. The summed E-state index contributed by atoms with van der Waals surface area (Å²) < 4.78 is 5.69. The van der Waals surface area contributed by atoms with Crippen molar-refractivity contribution < 1.29 is 19.4 Å². The van der Waals surface area contributed by atoms with Crippen LogP contribution in [-0.4, -0.2) is 35.2 Å². The first kappa shape index (κ1) is 12.0. The van der Waals surface area contributed by atoms with Crippen LogP contribution in [0.25, 0.3) is 0 Å². The number of carboxylic acids is 1. The van der Waals surface area contributed by atoms with Crippen molar-refractivity contribution in [3.05, 3.63) is 0 Å². The average molecular weight is 253 g/mol. The monoisotopic (exact) mass is 253 g/mol. The number of carbonyl (C=O) groups excluding carboxylic acids is 1. The lowest BCUT2D eigenvalue weighted by molar-refractivity contribution is -0.146. The summed E-state index contributed by atoms with van der Waals surface area (Å²) in [6.45, 7) is 0. The Hall–Kier alpha value is -1.10. The molecule has 2 bridgehead atoms. The minimum absolute atomic E-state index is 0.0824. The summed E-state index contributed by atoms with van der Waals surface area (Å²) in [5.41, 5.74) is 0. The molecule has 1 saturated carbocycles. The van der Waals surface area contributed by atoms with E-state index < -0.39 is 11.9 Å². The van der Waals surface area contributed by atoms with Crippen molar-refractivity contribution in [3.8, 4) is 0 Å². The van der Waals surface area contributed by atoms with Gasteiger partial charge in [0.2, 0.25) is 5.91 Å². The second-order valence-corrected chi connectivity index (χ2v) is 5.71. The average Bonchev–Trinajstić information content (AvgIpc) is 3.04. The van der Waals surface area contributed by atoms with E-state index in [1.54, 1.807) is 0 Å². The van der Waals surface area contributed by atoms with Crippen LogP contribution in [0.4, 0.5) is 0 Å². The van der Waals surface area contributed by atoms with Gasteiger partial charge in [0.15, 0.2) is 0 Å². The zero-order valence-corrected chi connectivity index (χ0v) is 10.3. The maximum Gasteiger partial charge on any atom is 0.307 e. The number of rotatable bonds is 3. The van der Waals surface area contributed by atoms with Gasteiger partial charge in [-0.15, -0.1) is 0 Å². The molecule has 0 spiro atoms. The van der Waals surface area contributed by atoms with Crippen LogP contribution in [0.1, 0.15) is 38.5 Å². The molecular weight excluding hydrogens is 234 g/mol. The van der Waals surface area contributed by atoms with Gasteiger partial charge in [0.1, 0.15) is 0 Å². The Balaban J connectivity index is 1.59. The number of nitrogens with one attached hydrogen (secondary N) is 1. The molecule has 5 unspecified atom stereocenters. The van der Waals surface area contributed by atoms with Crippen molar-refractivity contribution in [1.82, 2.24) is 5.32 Å². The summed E-state index contributed by atoms with van der Waals surface area (Å²) >= 11 is 0. The zero-order valence-electron chi connectivity index (χ0n) is 10.3. The van der Waals surface area contributed by atoms with Gasteiger partial charge in [-0.1, -0.05) is 6.42 Å². The van der Waals surface area contributed by atoms with Crippen molar-refractivity contribution in [2.75, 3.05) is 0 Å². The second kappa shape index (κ2) is 4.53. The molecule has 3 rings (SSSR count). The van der Waals surface area contributed by atoms with Crippen LogP contribution in [0.3, 0.4) is 0 Å². The van der Waals surface area contributed by atoms with E-state index >= 15 is 0 Å². The Morgan fingerprint density at radius 2 is 1.89 bits per heavy atom. The first-order chi connectivity index (χ1) is 8.65. The van der Waals surface area contributed by atoms with Gasteiger partial charge in [-0.05, 0) is 32.1 Å². The Labute approximate surface area is 106 Å². The smallest absolute Gasteiger partial charge is 0.307 e. The molecule has 0 aromatic rings. The molecule has 2 N–H and O–H groups in total. The molecule has 1 aliphatic carbocycles. The summed E-state index contributed by atoms with van der Waals surface area (Å²) in [4.78, 5) is 23.2. The highest BCUT2D eigenvalue weighted by Crippen LogP contribution is 2.36. The molecular formula is C13H19NO4. The Bertz CT molecular complexity index is 370. The van der Waals surface area contributed by atoms with Gasteiger partial charge >= 0.3 is 5.97 Å². The fourth-order valence-electron chi connectivity index (χ4n) is 3.65. The van der Waals surface area contributed by atoms with Gasteiger partial charge in [-0.2, -0.15) is 0 Å². The molecule has 3 fully saturated rings. The van der Waals surface area contributed by atoms with E-state index in [2.05, 4.69) is 5.32 Å². The summed E-state index contributed by atoms with van der Waals surface area (Å²) in [5, 5.41) is 12.1. The van der Waals surface area contributed by atoms with E-state index in [4.69, 9.17) is 9.84 Å². The van der Waals surface area contributed by atoms with Crippen molar-refractivity contribution in [3.63, 3.8) is 0 Å². The second-order valence-electron chi connectivity index (χ2n) is 5.71. The summed E-state index contributed by atoms with van der Waals surface area (Å²) in [6.07, 6.45) is 5.62. The minimum atomic E-state index is -0.836. The molecule has 5 atom stereocenters. The number of carbonyl (C=O) groups is 2. The number of carboxylic acid groups (broad SMARTS) is 1. The molecule has 5 heteroatoms. The Kier molecular flexibility index (Phi) is 3.01. The van der Waals surface area contributed by atoms with Gasteiger partial charge in [0.25, 0.3) is 0 Å². The van der Waals surface area contributed by atoms with E-state index in [-0.39, 0.29) is 24.0 Å². The Morgan fingerprint density at radius 3 is 2.50 bits per heavy atom. The van der Waals surface area contributed by atoms with Gasteiger partial charge < -0.3 is 15.2 Å². The molecule has 0 radical (unpaired) electrons. The molecule has 100 valence electrons. The van der Waals surface area contributed by atoms with Crippen molar-refractivity contribution in [2.24, 2.45) is 11.8 Å². The lowest BCUT2D eigenvalue weighted by Crippen LogP contribution is -2.45. The van der Waals surface area contributed by atoms with Gasteiger partial charge in [0.05, 0.1) is 30.1 Å². The number of hydrogen-bond acceptors (Lipinski definition) is 3.